The number of carbonyl (C=O) groups is 1. The van der Waals surface area contributed by atoms with Crippen molar-refractivity contribution < 1.29 is 9.53 Å². The van der Waals surface area contributed by atoms with Crippen molar-refractivity contribution in [2.75, 3.05) is 13.2 Å². The number of amides is 1. The summed E-state index contributed by atoms with van der Waals surface area (Å²) in [5.74, 6) is 1.23. The van der Waals surface area contributed by atoms with E-state index in [1.54, 1.807) is 12.1 Å². The Kier molecular flexibility index (Phi) is 6.10. The topological polar surface area (TPSA) is 38.3 Å². The summed E-state index contributed by atoms with van der Waals surface area (Å²) in [6.07, 6.45) is 0.764. The number of hydrogen-bond acceptors (Lipinski definition) is 2. The fourth-order valence-electron chi connectivity index (χ4n) is 1.83. The van der Waals surface area contributed by atoms with E-state index < -0.39 is 0 Å². The number of hydrogen-bond donors (Lipinski definition) is 1. The minimum absolute atomic E-state index is 0.0733. The lowest BCUT2D eigenvalue weighted by molar-refractivity contribution is 0.0951. The second kappa shape index (κ2) is 8.32. The van der Waals surface area contributed by atoms with E-state index in [4.69, 9.17) is 16.3 Å². The molecule has 0 atom stereocenters. The zero-order chi connectivity index (χ0) is 14.9. The SMILES string of the molecule is O=C(NCCCOc1ccccc1)c1ccc(CCl)cc1. The van der Waals surface area contributed by atoms with Crippen LogP contribution in [-0.4, -0.2) is 19.1 Å². The standard InChI is InChI=1S/C17H18ClNO2/c18-13-14-7-9-15(10-8-14)17(20)19-11-4-12-21-16-5-2-1-3-6-16/h1-3,5-10H,4,11-13H2,(H,19,20). The van der Waals surface area contributed by atoms with Crippen molar-refractivity contribution in [1.29, 1.82) is 0 Å². The van der Waals surface area contributed by atoms with Crippen LogP contribution in [0.25, 0.3) is 0 Å². The summed E-state index contributed by atoms with van der Waals surface area (Å²) in [5.41, 5.74) is 1.65. The molecule has 0 fully saturated rings. The number of carbonyl (C=O) groups excluding carboxylic acids is 1. The van der Waals surface area contributed by atoms with Crippen molar-refractivity contribution in [3.05, 3.63) is 65.7 Å². The molecule has 4 heteroatoms. The lowest BCUT2D eigenvalue weighted by Gasteiger charge is -2.07. The fourth-order valence-corrected chi connectivity index (χ4v) is 2.01. The van der Waals surface area contributed by atoms with E-state index in [1.165, 1.54) is 0 Å². The third kappa shape index (κ3) is 5.12. The molecule has 110 valence electrons. The number of rotatable bonds is 7. The maximum absolute atomic E-state index is 11.9. The van der Waals surface area contributed by atoms with Gasteiger partial charge in [-0.2, -0.15) is 0 Å². The fraction of sp³-hybridized carbons (Fsp3) is 0.235. The molecular weight excluding hydrogens is 286 g/mol. The third-order valence-corrected chi connectivity index (χ3v) is 3.30. The summed E-state index contributed by atoms with van der Waals surface area (Å²) in [6, 6.07) is 16.9. The van der Waals surface area contributed by atoms with E-state index in [2.05, 4.69) is 5.32 Å². The number of ether oxygens (including phenoxy) is 1. The maximum atomic E-state index is 11.9. The molecule has 0 aliphatic rings. The first-order chi connectivity index (χ1) is 10.3. The Bertz CT molecular complexity index is 555. The molecule has 0 bridgehead atoms. The van der Waals surface area contributed by atoms with Gasteiger partial charge in [-0.1, -0.05) is 30.3 Å². The Morgan fingerprint density at radius 2 is 1.76 bits per heavy atom. The van der Waals surface area contributed by atoms with Crippen LogP contribution >= 0.6 is 11.6 Å². The molecule has 0 radical (unpaired) electrons. The van der Waals surface area contributed by atoms with Gasteiger partial charge in [0.2, 0.25) is 0 Å². The minimum atomic E-state index is -0.0733. The Morgan fingerprint density at radius 1 is 1.05 bits per heavy atom. The van der Waals surface area contributed by atoms with Crippen molar-refractivity contribution in [1.82, 2.24) is 5.32 Å². The minimum Gasteiger partial charge on any atom is -0.494 e. The number of nitrogens with one attached hydrogen (secondary N) is 1. The predicted octanol–water partition coefficient (Wildman–Crippen LogP) is 3.62. The monoisotopic (exact) mass is 303 g/mol. The molecule has 2 aromatic rings. The van der Waals surface area contributed by atoms with Gasteiger partial charge in [0, 0.05) is 18.0 Å². The molecular formula is C17H18ClNO2. The van der Waals surface area contributed by atoms with Crippen LogP contribution in [0.2, 0.25) is 0 Å². The summed E-state index contributed by atoms with van der Waals surface area (Å²) in [4.78, 5) is 11.9. The summed E-state index contributed by atoms with van der Waals surface area (Å²) >= 11 is 5.71. The van der Waals surface area contributed by atoms with E-state index >= 15 is 0 Å². The average molecular weight is 304 g/mol. The zero-order valence-electron chi connectivity index (χ0n) is 11.7. The van der Waals surface area contributed by atoms with E-state index in [9.17, 15) is 4.79 Å². The van der Waals surface area contributed by atoms with Crippen LogP contribution in [0.15, 0.2) is 54.6 Å². The molecule has 0 saturated heterocycles. The van der Waals surface area contributed by atoms with Gasteiger partial charge in [-0.05, 0) is 36.2 Å². The third-order valence-electron chi connectivity index (χ3n) is 2.99. The van der Waals surface area contributed by atoms with Crippen molar-refractivity contribution in [2.24, 2.45) is 0 Å². The summed E-state index contributed by atoms with van der Waals surface area (Å²) in [5, 5.41) is 2.87. The van der Waals surface area contributed by atoms with Gasteiger partial charge in [0.1, 0.15) is 5.75 Å². The van der Waals surface area contributed by atoms with Crippen LogP contribution in [0.5, 0.6) is 5.75 Å². The highest BCUT2D eigenvalue weighted by Crippen LogP contribution is 2.08. The highest BCUT2D eigenvalue weighted by atomic mass is 35.5. The number of benzene rings is 2. The van der Waals surface area contributed by atoms with Crippen molar-refractivity contribution in [3.63, 3.8) is 0 Å². The van der Waals surface area contributed by atoms with E-state index in [-0.39, 0.29) is 5.91 Å². The highest BCUT2D eigenvalue weighted by molar-refractivity contribution is 6.17. The molecule has 21 heavy (non-hydrogen) atoms. The molecule has 0 aliphatic heterocycles. The highest BCUT2D eigenvalue weighted by Gasteiger charge is 2.04. The van der Waals surface area contributed by atoms with Crippen LogP contribution in [-0.2, 0) is 5.88 Å². The van der Waals surface area contributed by atoms with Crippen LogP contribution in [0.1, 0.15) is 22.3 Å². The van der Waals surface area contributed by atoms with Gasteiger partial charge in [-0.25, -0.2) is 0 Å². The largest absolute Gasteiger partial charge is 0.494 e. The molecule has 2 rings (SSSR count). The smallest absolute Gasteiger partial charge is 0.251 e. The van der Waals surface area contributed by atoms with Gasteiger partial charge in [0.25, 0.3) is 5.91 Å². The average Bonchev–Trinajstić information content (AvgIpc) is 2.55. The predicted molar refractivity (Wildman–Crippen MR) is 84.9 cm³/mol. The molecule has 3 nitrogen and oxygen atoms in total. The summed E-state index contributed by atoms with van der Waals surface area (Å²) in [6.45, 7) is 1.17. The van der Waals surface area contributed by atoms with Gasteiger partial charge in [0.15, 0.2) is 0 Å². The van der Waals surface area contributed by atoms with Gasteiger partial charge < -0.3 is 10.1 Å². The summed E-state index contributed by atoms with van der Waals surface area (Å²) < 4.78 is 5.56. The van der Waals surface area contributed by atoms with Crippen LogP contribution < -0.4 is 10.1 Å². The van der Waals surface area contributed by atoms with Crippen molar-refractivity contribution in [3.8, 4) is 5.75 Å². The molecule has 1 N–H and O–H groups in total. The molecule has 0 aromatic heterocycles. The van der Waals surface area contributed by atoms with Crippen molar-refractivity contribution >= 4 is 17.5 Å². The van der Waals surface area contributed by atoms with Gasteiger partial charge >= 0.3 is 0 Å². The van der Waals surface area contributed by atoms with Gasteiger partial charge in [0.05, 0.1) is 6.61 Å². The molecule has 0 heterocycles. The Morgan fingerprint density at radius 3 is 2.43 bits per heavy atom. The molecule has 1 amide bonds. The van der Waals surface area contributed by atoms with Crippen LogP contribution in [0.3, 0.4) is 0 Å². The van der Waals surface area contributed by atoms with Gasteiger partial charge in [-0.15, -0.1) is 11.6 Å². The maximum Gasteiger partial charge on any atom is 0.251 e. The van der Waals surface area contributed by atoms with Crippen LogP contribution in [0, 0.1) is 0 Å². The second-order valence-electron chi connectivity index (χ2n) is 4.60. The Hall–Kier alpha value is -2.00. The van der Waals surface area contributed by atoms with Crippen LogP contribution in [0.4, 0.5) is 0 Å². The number of alkyl halides is 1. The Balaban J connectivity index is 1.67. The quantitative estimate of drug-likeness (QED) is 0.626. The van der Waals surface area contributed by atoms with E-state index in [1.807, 2.05) is 42.5 Å². The molecule has 2 aromatic carbocycles. The first kappa shape index (κ1) is 15.4. The molecule has 0 saturated carbocycles. The van der Waals surface area contributed by atoms with E-state index in [0.717, 1.165) is 17.7 Å². The van der Waals surface area contributed by atoms with Crippen molar-refractivity contribution in [2.45, 2.75) is 12.3 Å². The lowest BCUT2D eigenvalue weighted by atomic mass is 10.1. The first-order valence-corrected chi connectivity index (χ1v) is 7.44. The second-order valence-corrected chi connectivity index (χ2v) is 4.87. The molecule has 0 aliphatic carbocycles. The molecule has 0 unspecified atom stereocenters. The number of halogens is 1. The first-order valence-electron chi connectivity index (χ1n) is 6.90. The van der Waals surface area contributed by atoms with Gasteiger partial charge in [-0.3, -0.25) is 4.79 Å². The number of para-hydroxylation sites is 1. The molecule has 0 spiro atoms. The normalized spacial score (nSPS) is 10.1. The Labute approximate surface area is 129 Å². The lowest BCUT2D eigenvalue weighted by Crippen LogP contribution is -2.25. The van der Waals surface area contributed by atoms with E-state index in [0.29, 0.717) is 24.6 Å². The summed E-state index contributed by atoms with van der Waals surface area (Å²) in [7, 11) is 0. The zero-order valence-corrected chi connectivity index (χ0v) is 12.5.